The van der Waals surface area contributed by atoms with Crippen molar-refractivity contribution in [1.29, 1.82) is 0 Å². The molecule has 1 aromatic rings. The summed E-state index contributed by atoms with van der Waals surface area (Å²) in [5.74, 6) is 1.47. The standard InChI is InChI=1S/C22H43N7/c1-8-23-22(25-18(4)14-21-19(5)26-27(7)20(21)6)24-15-17(3)16-29-12-10-28(9-2)11-13-29/h17-18H,8-16H2,1-7H3,(H2,23,24,25). The number of rotatable bonds is 9. The minimum atomic E-state index is 0.298. The third-order valence-corrected chi connectivity index (χ3v) is 5.94. The van der Waals surface area contributed by atoms with Gasteiger partial charge >= 0.3 is 0 Å². The average Bonchev–Trinajstić information content (AvgIpc) is 2.93. The van der Waals surface area contributed by atoms with Gasteiger partial charge in [-0.1, -0.05) is 13.8 Å². The number of hydrogen-bond acceptors (Lipinski definition) is 4. The molecule has 29 heavy (non-hydrogen) atoms. The fourth-order valence-corrected chi connectivity index (χ4v) is 4.06. The van der Waals surface area contributed by atoms with E-state index >= 15 is 0 Å². The first-order valence-corrected chi connectivity index (χ1v) is 11.3. The monoisotopic (exact) mass is 405 g/mol. The minimum Gasteiger partial charge on any atom is -0.357 e. The Morgan fingerprint density at radius 3 is 2.31 bits per heavy atom. The van der Waals surface area contributed by atoms with E-state index in [1.165, 1.54) is 44.0 Å². The summed E-state index contributed by atoms with van der Waals surface area (Å²) in [6.07, 6.45) is 0.952. The van der Waals surface area contributed by atoms with Crippen LogP contribution in [0, 0.1) is 19.8 Å². The zero-order valence-corrected chi connectivity index (χ0v) is 19.8. The van der Waals surface area contributed by atoms with Crippen molar-refractivity contribution in [3.05, 3.63) is 17.0 Å². The maximum Gasteiger partial charge on any atom is 0.191 e. The number of guanidine groups is 1. The Labute approximate surface area is 177 Å². The van der Waals surface area contributed by atoms with Gasteiger partial charge in [-0.3, -0.25) is 9.67 Å². The molecule has 0 radical (unpaired) electrons. The van der Waals surface area contributed by atoms with Crippen LogP contribution >= 0.6 is 0 Å². The van der Waals surface area contributed by atoms with Crippen molar-refractivity contribution in [2.24, 2.45) is 18.0 Å². The van der Waals surface area contributed by atoms with Crippen molar-refractivity contribution in [2.45, 2.75) is 54.0 Å². The minimum absolute atomic E-state index is 0.298. The Bertz CT molecular complexity index is 644. The van der Waals surface area contributed by atoms with Crippen molar-refractivity contribution in [2.75, 3.05) is 52.4 Å². The van der Waals surface area contributed by atoms with E-state index in [0.29, 0.717) is 12.0 Å². The molecule has 1 aromatic heterocycles. The van der Waals surface area contributed by atoms with Crippen molar-refractivity contribution >= 4 is 5.96 Å². The molecular formula is C22H43N7. The zero-order chi connectivity index (χ0) is 21.4. The Hall–Kier alpha value is -1.60. The van der Waals surface area contributed by atoms with Crippen LogP contribution in [0.3, 0.4) is 0 Å². The summed E-state index contributed by atoms with van der Waals surface area (Å²) in [5.41, 5.74) is 3.70. The highest BCUT2D eigenvalue weighted by Crippen LogP contribution is 2.14. The molecule has 0 bridgehead atoms. The molecule has 0 spiro atoms. The van der Waals surface area contributed by atoms with E-state index in [9.17, 15) is 0 Å². The smallest absolute Gasteiger partial charge is 0.191 e. The first-order chi connectivity index (χ1) is 13.8. The van der Waals surface area contributed by atoms with Gasteiger partial charge in [0.15, 0.2) is 5.96 Å². The number of aliphatic imine (C=N–C) groups is 1. The van der Waals surface area contributed by atoms with Crippen molar-refractivity contribution in [1.82, 2.24) is 30.2 Å². The van der Waals surface area contributed by atoms with Gasteiger partial charge in [0.25, 0.3) is 0 Å². The average molecular weight is 406 g/mol. The number of aromatic nitrogens is 2. The van der Waals surface area contributed by atoms with Crippen LogP contribution < -0.4 is 10.6 Å². The van der Waals surface area contributed by atoms with Gasteiger partial charge in [0.1, 0.15) is 0 Å². The molecule has 1 saturated heterocycles. The largest absolute Gasteiger partial charge is 0.357 e. The summed E-state index contributed by atoms with van der Waals surface area (Å²) in [4.78, 5) is 9.99. The highest BCUT2D eigenvalue weighted by Gasteiger charge is 2.18. The molecule has 2 N–H and O–H groups in total. The van der Waals surface area contributed by atoms with Crippen LogP contribution in [-0.4, -0.2) is 83.9 Å². The molecule has 0 saturated carbocycles. The predicted molar refractivity (Wildman–Crippen MR) is 123 cm³/mol. The summed E-state index contributed by atoms with van der Waals surface area (Å²) in [6.45, 7) is 21.9. The fourth-order valence-electron chi connectivity index (χ4n) is 4.06. The maximum absolute atomic E-state index is 4.88. The number of likely N-dealkylation sites (N-methyl/N-ethyl adjacent to an activating group) is 1. The third kappa shape index (κ3) is 7.30. The van der Waals surface area contributed by atoms with Gasteiger partial charge in [0.05, 0.1) is 5.69 Å². The van der Waals surface area contributed by atoms with Crippen molar-refractivity contribution in [3.8, 4) is 0 Å². The van der Waals surface area contributed by atoms with Gasteiger partial charge in [-0.2, -0.15) is 5.10 Å². The lowest BCUT2D eigenvalue weighted by Crippen LogP contribution is -2.47. The molecule has 2 rings (SSSR count). The first-order valence-electron chi connectivity index (χ1n) is 11.3. The van der Waals surface area contributed by atoms with Gasteiger partial charge in [0, 0.05) is 64.6 Å². The molecule has 1 aliphatic rings. The molecule has 7 nitrogen and oxygen atoms in total. The van der Waals surface area contributed by atoms with Crippen molar-refractivity contribution < 1.29 is 0 Å². The Morgan fingerprint density at radius 2 is 1.76 bits per heavy atom. The molecule has 0 aromatic carbocycles. The molecule has 7 heteroatoms. The molecule has 0 aliphatic carbocycles. The van der Waals surface area contributed by atoms with Gasteiger partial charge in [-0.05, 0) is 52.1 Å². The normalized spacial score (nSPS) is 18.7. The third-order valence-electron chi connectivity index (χ3n) is 5.94. The van der Waals surface area contributed by atoms with Crippen LogP contribution in [0.15, 0.2) is 4.99 Å². The summed E-state index contributed by atoms with van der Waals surface area (Å²) in [6, 6.07) is 0.298. The second-order valence-electron chi connectivity index (χ2n) is 8.58. The molecule has 2 heterocycles. The summed E-state index contributed by atoms with van der Waals surface area (Å²) in [7, 11) is 2.01. The van der Waals surface area contributed by atoms with Crippen molar-refractivity contribution in [3.63, 3.8) is 0 Å². The lowest BCUT2D eigenvalue weighted by atomic mass is 10.1. The fraction of sp³-hybridized carbons (Fsp3) is 0.818. The lowest BCUT2D eigenvalue weighted by molar-refractivity contribution is 0.125. The lowest BCUT2D eigenvalue weighted by Gasteiger charge is -2.35. The Kier molecular flexibility index (Phi) is 9.43. The number of piperazine rings is 1. The highest BCUT2D eigenvalue weighted by molar-refractivity contribution is 5.80. The van der Waals surface area contributed by atoms with Crippen LogP contribution in [0.2, 0.25) is 0 Å². The molecule has 2 atom stereocenters. The summed E-state index contributed by atoms with van der Waals surface area (Å²) < 4.78 is 1.97. The van der Waals surface area contributed by atoms with Gasteiger partial charge < -0.3 is 20.4 Å². The van der Waals surface area contributed by atoms with Crippen LogP contribution in [-0.2, 0) is 13.5 Å². The molecule has 166 valence electrons. The summed E-state index contributed by atoms with van der Waals surface area (Å²) in [5, 5.41) is 11.5. The van der Waals surface area contributed by atoms with E-state index in [4.69, 9.17) is 4.99 Å². The topological polar surface area (TPSA) is 60.7 Å². The molecule has 1 aliphatic heterocycles. The Balaban J connectivity index is 1.85. The molecule has 2 unspecified atom stereocenters. The second kappa shape index (κ2) is 11.6. The van der Waals surface area contributed by atoms with E-state index in [2.05, 4.69) is 67.1 Å². The molecule has 0 amide bonds. The van der Waals surface area contributed by atoms with Crippen LogP contribution in [0.25, 0.3) is 0 Å². The van der Waals surface area contributed by atoms with E-state index in [-0.39, 0.29) is 0 Å². The second-order valence-corrected chi connectivity index (χ2v) is 8.58. The molecule has 1 fully saturated rings. The van der Waals surface area contributed by atoms with Crippen LogP contribution in [0.5, 0.6) is 0 Å². The van der Waals surface area contributed by atoms with E-state index in [0.717, 1.165) is 37.7 Å². The van der Waals surface area contributed by atoms with E-state index < -0.39 is 0 Å². The Morgan fingerprint density at radius 1 is 1.10 bits per heavy atom. The van der Waals surface area contributed by atoms with Crippen LogP contribution in [0.4, 0.5) is 0 Å². The first kappa shape index (κ1) is 23.7. The molecular weight excluding hydrogens is 362 g/mol. The number of aryl methyl sites for hydroxylation is 2. The zero-order valence-electron chi connectivity index (χ0n) is 19.8. The van der Waals surface area contributed by atoms with Gasteiger partial charge in [-0.15, -0.1) is 0 Å². The highest BCUT2D eigenvalue weighted by atomic mass is 15.3. The number of hydrogen-bond donors (Lipinski definition) is 2. The number of nitrogens with one attached hydrogen (secondary N) is 2. The van der Waals surface area contributed by atoms with Gasteiger partial charge in [0.2, 0.25) is 0 Å². The van der Waals surface area contributed by atoms with Crippen LogP contribution in [0.1, 0.15) is 44.6 Å². The van der Waals surface area contributed by atoms with E-state index in [1.54, 1.807) is 0 Å². The maximum atomic E-state index is 4.88. The van der Waals surface area contributed by atoms with Gasteiger partial charge in [-0.25, -0.2) is 0 Å². The number of nitrogens with zero attached hydrogens (tertiary/aromatic N) is 5. The van der Waals surface area contributed by atoms with E-state index in [1.807, 2.05) is 11.7 Å². The SMILES string of the molecule is CCNC(=NCC(C)CN1CCN(CC)CC1)NC(C)Cc1c(C)nn(C)c1C. The quantitative estimate of drug-likeness (QED) is 0.485. The summed E-state index contributed by atoms with van der Waals surface area (Å²) >= 11 is 0. The predicted octanol–water partition coefficient (Wildman–Crippen LogP) is 1.80.